The highest BCUT2D eigenvalue weighted by Gasteiger charge is 2.53. The molecule has 0 saturated carbocycles. The van der Waals surface area contributed by atoms with Crippen LogP contribution in [0.1, 0.15) is 27.7 Å². The summed E-state index contributed by atoms with van der Waals surface area (Å²) in [6.45, 7) is 6.99. The highest BCUT2D eigenvalue weighted by molar-refractivity contribution is 6.62. The molecule has 0 unspecified atom stereocenters. The summed E-state index contributed by atoms with van der Waals surface area (Å²) in [7, 11) is 0.0587. The van der Waals surface area contributed by atoms with Crippen molar-refractivity contribution in [3.63, 3.8) is 0 Å². The minimum atomic E-state index is -1.33. The van der Waals surface area contributed by atoms with Gasteiger partial charge in [-0.1, -0.05) is 0 Å². The molecular formula is C13H17BF2N2O4. The van der Waals surface area contributed by atoms with Crippen molar-refractivity contribution in [1.29, 1.82) is 0 Å². The van der Waals surface area contributed by atoms with E-state index in [0.717, 1.165) is 6.07 Å². The number of halogens is 2. The second-order valence-electron chi connectivity index (χ2n) is 6.08. The molecule has 0 bridgehead atoms. The molecule has 0 atom stereocenters. The quantitative estimate of drug-likeness (QED) is 0.526. The highest BCUT2D eigenvalue weighted by atomic mass is 19.2. The van der Waals surface area contributed by atoms with Crippen molar-refractivity contribution in [2.75, 3.05) is 12.4 Å². The zero-order valence-electron chi connectivity index (χ0n) is 13.0. The second-order valence-corrected chi connectivity index (χ2v) is 6.08. The minimum Gasteiger partial charge on any atom is -0.399 e. The van der Waals surface area contributed by atoms with Crippen LogP contribution in [0.5, 0.6) is 0 Å². The van der Waals surface area contributed by atoms with Gasteiger partial charge in [-0.05, 0) is 27.7 Å². The van der Waals surface area contributed by atoms with Crippen molar-refractivity contribution in [1.82, 2.24) is 0 Å². The third-order valence-corrected chi connectivity index (χ3v) is 4.17. The molecule has 120 valence electrons. The minimum absolute atomic E-state index is 0.332. The number of benzene rings is 1. The molecule has 1 aliphatic heterocycles. The van der Waals surface area contributed by atoms with Crippen LogP contribution in [0.4, 0.5) is 20.2 Å². The summed E-state index contributed by atoms with van der Waals surface area (Å²) in [6.07, 6.45) is 0. The lowest BCUT2D eigenvalue weighted by Crippen LogP contribution is -2.41. The van der Waals surface area contributed by atoms with Gasteiger partial charge in [-0.2, -0.15) is 0 Å². The van der Waals surface area contributed by atoms with E-state index in [1.54, 1.807) is 27.7 Å². The van der Waals surface area contributed by atoms with Gasteiger partial charge in [0.15, 0.2) is 17.3 Å². The maximum absolute atomic E-state index is 14.3. The molecule has 0 spiro atoms. The van der Waals surface area contributed by atoms with Crippen molar-refractivity contribution in [2.24, 2.45) is 0 Å². The first-order chi connectivity index (χ1) is 10.0. The summed E-state index contributed by atoms with van der Waals surface area (Å²) >= 11 is 0. The van der Waals surface area contributed by atoms with E-state index >= 15 is 0 Å². The van der Waals surface area contributed by atoms with E-state index in [2.05, 4.69) is 5.32 Å². The summed E-state index contributed by atoms with van der Waals surface area (Å²) < 4.78 is 39.6. The van der Waals surface area contributed by atoms with Gasteiger partial charge in [-0.15, -0.1) is 0 Å². The number of rotatable bonds is 3. The average molecular weight is 314 g/mol. The first kappa shape index (κ1) is 16.6. The fraction of sp³-hybridized carbons (Fsp3) is 0.538. The Balaban J connectivity index is 2.56. The van der Waals surface area contributed by atoms with Crippen LogP contribution >= 0.6 is 0 Å². The lowest BCUT2D eigenvalue weighted by molar-refractivity contribution is -0.384. The van der Waals surface area contributed by atoms with Crippen molar-refractivity contribution in [3.05, 3.63) is 27.8 Å². The Labute approximate surface area is 127 Å². The lowest BCUT2D eigenvalue weighted by atomic mass is 9.78. The monoisotopic (exact) mass is 314 g/mol. The Hall–Kier alpha value is -1.74. The number of anilines is 1. The summed E-state index contributed by atoms with van der Waals surface area (Å²) in [4.78, 5) is 10.3. The molecule has 22 heavy (non-hydrogen) atoms. The first-order valence-electron chi connectivity index (χ1n) is 6.71. The van der Waals surface area contributed by atoms with Crippen LogP contribution in [0.3, 0.4) is 0 Å². The molecule has 0 aromatic heterocycles. The Bertz CT molecular complexity index is 621. The van der Waals surface area contributed by atoms with E-state index in [0.29, 0.717) is 0 Å². The second kappa shape index (κ2) is 5.17. The SMILES string of the molecule is CNc1c([N+](=O)[O-])cc(B2OC(C)(C)C(C)(C)O2)c(F)c1F. The van der Waals surface area contributed by atoms with E-state index in [1.165, 1.54) is 7.05 Å². The highest BCUT2D eigenvalue weighted by Crippen LogP contribution is 2.37. The van der Waals surface area contributed by atoms with Crippen molar-refractivity contribution >= 4 is 24.0 Å². The molecule has 6 nitrogen and oxygen atoms in total. The van der Waals surface area contributed by atoms with Crippen molar-refractivity contribution < 1.29 is 23.0 Å². The number of nitro groups is 1. The summed E-state index contributed by atoms with van der Waals surface area (Å²) in [5, 5.41) is 13.4. The molecule has 0 amide bonds. The van der Waals surface area contributed by atoms with Gasteiger partial charge >= 0.3 is 7.12 Å². The Morgan fingerprint density at radius 3 is 2.09 bits per heavy atom. The standard InChI is InChI=1S/C13H17BF2N2O4/c1-12(2)13(3,4)22-14(21-12)7-6-8(18(19)20)11(17-5)10(16)9(7)15/h6,17H,1-5H3. The molecule has 2 rings (SSSR count). The normalized spacial score (nSPS) is 19.3. The molecule has 1 fully saturated rings. The van der Waals surface area contributed by atoms with Crippen LogP contribution in [0.25, 0.3) is 0 Å². The first-order valence-corrected chi connectivity index (χ1v) is 6.71. The molecule has 1 aromatic carbocycles. The smallest absolute Gasteiger partial charge is 0.399 e. The maximum atomic E-state index is 14.3. The van der Waals surface area contributed by atoms with Crippen molar-refractivity contribution in [3.8, 4) is 0 Å². The maximum Gasteiger partial charge on any atom is 0.498 e. The Morgan fingerprint density at radius 1 is 1.18 bits per heavy atom. The van der Waals surface area contributed by atoms with Crippen LogP contribution in [-0.2, 0) is 9.31 Å². The predicted octanol–water partition coefficient (Wildman–Crippen LogP) is 2.21. The fourth-order valence-electron chi connectivity index (χ4n) is 2.16. The molecule has 9 heteroatoms. The van der Waals surface area contributed by atoms with Gasteiger partial charge < -0.3 is 14.6 Å². The summed E-state index contributed by atoms with van der Waals surface area (Å²) in [5.74, 6) is -2.56. The number of hydrogen-bond donors (Lipinski definition) is 1. The van der Waals surface area contributed by atoms with Crippen LogP contribution < -0.4 is 10.8 Å². The third kappa shape index (κ3) is 2.44. The largest absolute Gasteiger partial charge is 0.498 e. The van der Waals surface area contributed by atoms with Crippen LogP contribution in [0.15, 0.2) is 6.07 Å². The van der Waals surface area contributed by atoms with E-state index in [-0.39, 0.29) is 5.46 Å². The summed E-state index contributed by atoms with van der Waals surface area (Å²) in [6, 6.07) is 0.937. The molecular weight excluding hydrogens is 297 g/mol. The van der Waals surface area contributed by atoms with Crippen LogP contribution in [0, 0.1) is 21.7 Å². The molecule has 1 N–H and O–H groups in total. The van der Waals surface area contributed by atoms with Crippen molar-refractivity contribution in [2.45, 2.75) is 38.9 Å². The van der Waals surface area contributed by atoms with E-state index in [1.807, 2.05) is 0 Å². The van der Waals surface area contributed by atoms with Crippen LogP contribution in [-0.4, -0.2) is 30.3 Å². The third-order valence-electron chi connectivity index (χ3n) is 4.17. The Kier molecular flexibility index (Phi) is 3.91. The van der Waals surface area contributed by atoms with Gasteiger partial charge in [0.2, 0.25) is 0 Å². The molecule has 1 heterocycles. The molecule has 0 radical (unpaired) electrons. The Morgan fingerprint density at radius 2 is 1.68 bits per heavy atom. The zero-order chi connectivity index (χ0) is 16.9. The van der Waals surface area contributed by atoms with Crippen LogP contribution in [0.2, 0.25) is 0 Å². The zero-order valence-corrected chi connectivity index (χ0v) is 13.0. The van der Waals surface area contributed by atoms with Gasteiger partial charge in [-0.3, -0.25) is 10.1 Å². The number of hydrogen-bond acceptors (Lipinski definition) is 5. The van der Waals surface area contributed by atoms with E-state index in [4.69, 9.17) is 9.31 Å². The molecule has 1 aliphatic rings. The van der Waals surface area contributed by atoms with Gasteiger partial charge in [0, 0.05) is 18.6 Å². The fourth-order valence-corrected chi connectivity index (χ4v) is 2.16. The number of nitrogens with one attached hydrogen (secondary N) is 1. The van der Waals surface area contributed by atoms with Gasteiger partial charge in [0.25, 0.3) is 5.69 Å². The lowest BCUT2D eigenvalue weighted by Gasteiger charge is -2.32. The van der Waals surface area contributed by atoms with E-state index in [9.17, 15) is 18.9 Å². The molecule has 1 saturated heterocycles. The predicted molar refractivity (Wildman–Crippen MR) is 78.3 cm³/mol. The topological polar surface area (TPSA) is 73.6 Å². The van der Waals surface area contributed by atoms with Gasteiger partial charge in [0.1, 0.15) is 0 Å². The number of nitrogens with zero attached hydrogens (tertiary/aromatic N) is 1. The average Bonchev–Trinajstić information content (AvgIpc) is 2.60. The van der Waals surface area contributed by atoms with E-state index < -0.39 is 46.3 Å². The van der Waals surface area contributed by atoms with Gasteiger partial charge in [-0.25, -0.2) is 8.78 Å². The molecule has 1 aromatic rings. The summed E-state index contributed by atoms with van der Waals surface area (Å²) in [5.41, 5.74) is -2.95. The number of nitro benzene ring substituents is 1. The van der Waals surface area contributed by atoms with Gasteiger partial charge in [0.05, 0.1) is 16.1 Å². The molecule has 0 aliphatic carbocycles.